The minimum Gasteiger partial charge on any atom is -0.453 e. The lowest BCUT2D eigenvalue weighted by atomic mass is 9.80. The van der Waals surface area contributed by atoms with Crippen molar-refractivity contribution < 1.29 is 9.53 Å². The molecule has 0 aliphatic heterocycles. The molecule has 0 unspecified atom stereocenters. The Bertz CT molecular complexity index is 5590. The third kappa shape index (κ3) is 45.8. The van der Waals surface area contributed by atoms with Crippen LogP contribution in [0.25, 0.3) is 0 Å². The van der Waals surface area contributed by atoms with Gasteiger partial charge in [-0.05, 0) is 310 Å². The highest BCUT2D eigenvalue weighted by atomic mass is 16.5. The zero-order valence-electron chi connectivity index (χ0n) is 99.0. The summed E-state index contributed by atoms with van der Waals surface area (Å²) in [5, 5.41) is 26.1. The summed E-state index contributed by atoms with van der Waals surface area (Å²) in [4.78, 5) is 10.9. The molecule has 9 N–H and O–H groups in total. The average Bonchev–Trinajstić information content (AvgIpc) is 0.806. The number of hydrogen-bond acceptors (Lipinski definition) is 6. The molecule has 0 saturated carbocycles. The second-order valence-corrected chi connectivity index (χ2v) is 50.5. The lowest BCUT2D eigenvalue weighted by Crippen LogP contribution is -2.22. The number of nitrogen functional groups attached to an aromatic ring is 2. The summed E-state index contributed by atoms with van der Waals surface area (Å²) >= 11 is 0. The number of rotatable bonds is 5. The number of hydrogen-bond donors (Lipinski definition) is 6. The van der Waals surface area contributed by atoms with Crippen LogP contribution in [0.2, 0.25) is 0 Å². The normalized spacial score (nSPS) is 11.5. The fourth-order valence-electron chi connectivity index (χ4n) is 17.4. The van der Waals surface area contributed by atoms with E-state index in [2.05, 4.69) is 501 Å². The molecule has 0 atom stereocenters. The fourth-order valence-corrected chi connectivity index (χ4v) is 17.4. The molecule has 11 rings (SSSR count). The van der Waals surface area contributed by atoms with Crippen LogP contribution in [0.15, 0.2) is 206 Å². The second-order valence-electron chi connectivity index (χ2n) is 50.5. The van der Waals surface area contributed by atoms with Gasteiger partial charge in [0.2, 0.25) is 0 Å². The summed E-state index contributed by atoms with van der Waals surface area (Å²) in [7, 11) is 1.36. The maximum atomic E-state index is 10.9. The van der Waals surface area contributed by atoms with Crippen molar-refractivity contribution in [2.45, 2.75) is 412 Å². The van der Waals surface area contributed by atoms with E-state index in [-0.39, 0.29) is 71.2 Å². The van der Waals surface area contributed by atoms with Crippen LogP contribution < -0.4 is 22.5 Å². The number of aryl methyl sites for hydroxylation is 15. The molecule has 1 amide bonds. The molecule has 0 saturated heterocycles. The van der Waals surface area contributed by atoms with Gasteiger partial charge in [-0.2, -0.15) is 5.26 Å². The molecule has 0 aromatic heterocycles. The van der Waals surface area contributed by atoms with E-state index in [0.717, 1.165) is 27.8 Å². The van der Waals surface area contributed by atoms with Crippen LogP contribution in [-0.4, -0.2) is 24.9 Å². The van der Waals surface area contributed by atoms with Gasteiger partial charge in [0.15, 0.2) is 0 Å². The molecule has 11 aromatic carbocycles. The van der Waals surface area contributed by atoms with Crippen LogP contribution in [0, 0.1) is 133 Å². The Morgan fingerprint density at radius 1 is 0.282 bits per heavy atom. The first-order valence-corrected chi connectivity index (χ1v) is 51.0. The Hall–Kier alpha value is -10.9. The van der Waals surface area contributed by atoms with Gasteiger partial charge in [-0.25, -0.2) is 4.79 Å². The van der Waals surface area contributed by atoms with E-state index in [9.17, 15) is 4.79 Å². The summed E-state index contributed by atoms with van der Waals surface area (Å²) in [6, 6.07) is 74.3. The first kappa shape index (κ1) is 129. The monoisotopic (exact) mass is 1920 g/mol. The molecule has 9 nitrogen and oxygen atoms in total. The molecule has 0 aliphatic carbocycles. The predicted molar refractivity (Wildman–Crippen MR) is 626 cm³/mol. The number of nitrogens with zero attached hydrogens (tertiary/aromatic N) is 1. The Balaban J connectivity index is 0.000000782. The Morgan fingerprint density at radius 2 is 0.556 bits per heavy atom. The largest absolute Gasteiger partial charge is 0.453 e. The number of carbonyl (C=O) groups excluding carboxylic acids is 1. The summed E-state index contributed by atoms with van der Waals surface area (Å²) in [6.45, 7) is 109. The van der Waals surface area contributed by atoms with Gasteiger partial charge in [-0.1, -0.05) is 456 Å². The number of alkyl carbamates (subject to hydrolysis) is 1. The molecular weight excluding hydrogens is 1730 g/mol. The van der Waals surface area contributed by atoms with Gasteiger partial charge in [0.05, 0.1) is 18.7 Å². The van der Waals surface area contributed by atoms with E-state index in [4.69, 9.17) is 33.3 Å². The van der Waals surface area contributed by atoms with Gasteiger partial charge in [0, 0.05) is 24.2 Å². The molecule has 0 aliphatic rings. The number of benzene rings is 11. The number of nitrogens with two attached hydrogens (primary N) is 3. The van der Waals surface area contributed by atoms with Crippen molar-refractivity contribution in [1.29, 1.82) is 16.1 Å². The molecule has 0 heterocycles. The van der Waals surface area contributed by atoms with Crippen LogP contribution in [0.5, 0.6) is 0 Å². The predicted octanol–water partition coefficient (Wildman–Crippen LogP) is 35.5. The zero-order chi connectivity index (χ0) is 110. The summed E-state index contributed by atoms with van der Waals surface area (Å²) in [6.07, 6.45) is -0.403. The maximum Gasteiger partial charge on any atom is 0.407 e. The van der Waals surface area contributed by atoms with Crippen molar-refractivity contribution in [2.24, 2.45) is 17.2 Å². The smallest absolute Gasteiger partial charge is 0.407 e. The molecule has 142 heavy (non-hydrogen) atoms. The molecule has 0 spiro atoms. The number of ether oxygens (including phenoxy) is 1. The van der Waals surface area contributed by atoms with E-state index in [0.29, 0.717) is 13.1 Å². The van der Waals surface area contributed by atoms with Crippen LogP contribution in [0.1, 0.15) is 407 Å². The third-order valence-corrected chi connectivity index (χ3v) is 24.9. The number of nitriles is 1. The summed E-state index contributed by atoms with van der Waals surface area (Å²) < 4.78 is 4.50. The first-order valence-electron chi connectivity index (χ1n) is 51.0. The van der Waals surface area contributed by atoms with E-state index in [1.165, 1.54) is 157 Å². The molecule has 9 heteroatoms. The molecule has 0 fully saturated rings. The third-order valence-electron chi connectivity index (χ3n) is 24.9. The summed E-state index contributed by atoms with van der Waals surface area (Å²) in [5.74, 6) is 0.258. The van der Waals surface area contributed by atoms with Crippen molar-refractivity contribution in [3.05, 3.63) is 384 Å². The van der Waals surface area contributed by atoms with Gasteiger partial charge < -0.3 is 27.3 Å². The van der Waals surface area contributed by atoms with Crippen molar-refractivity contribution in [3.8, 4) is 6.07 Å². The minimum absolute atomic E-state index is 0.0527. The molecule has 776 valence electrons. The van der Waals surface area contributed by atoms with Crippen LogP contribution in [0.4, 0.5) is 4.79 Å². The van der Waals surface area contributed by atoms with Crippen molar-refractivity contribution in [3.63, 3.8) is 0 Å². The number of nitrogens with one attached hydrogen (secondary N) is 3. The van der Waals surface area contributed by atoms with E-state index < -0.39 is 6.09 Å². The van der Waals surface area contributed by atoms with Crippen molar-refractivity contribution in [1.82, 2.24) is 5.32 Å². The first-order chi connectivity index (χ1) is 64.4. The van der Waals surface area contributed by atoms with Gasteiger partial charge in [-0.15, -0.1) is 0 Å². The average molecular weight is 1930 g/mol. The fraction of sp³-hybridized carbons (Fsp3) is 0.474. The van der Waals surface area contributed by atoms with E-state index in [1.54, 1.807) is 0 Å². The zero-order valence-corrected chi connectivity index (χ0v) is 99.0. The standard InChI is InChI=1S/C13H19NO2.2C13H20.C12H18N2.C12H15N.4C12H18.C11H16N2.C11H17N/c1-13(2,3)11-7-5-10(6-8-11)9-14-12(15)16-4;1-9-7-10(2)12(11(3)8-9)13(4,5)6;1-9-7-8-10(2)12(11(9)3)13(4,5)6;1-8-7-9(11(13)14)5-6-10(8)12(2,3)4;1-9-5-6-10(8-13)11(7-9)12(2,3)4;4*1-9-6-7-10(2)11(8-9)12(3,4)5;1-11(2,3)9-6-4-8(5-7-9)10(12)13;1-11(2,3)10-6-4-9(8-12)5-7-10/h5-8H,9H2,1-4H3,(H,14,15);2*7-8H,1-6H3;5-7H,1-4H3,(H3,13,14);5-7H,1-4H3;4*6-8H,1-5H3;4-7H,1-3H3,(H3,12,13);4-7H,8,12H2,1-3H3. The maximum absolute atomic E-state index is 10.9. The van der Waals surface area contributed by atoms with Gasteiger partial charge in [-0.3, -0.25) is 10.8 Å². The van der Waals surface area contributed by atoms with E-state index >= 15 is 0 Å². The molecular formula is C133H197N7O2. The highest BCUT2D eigenvalue weighted by molar-refractivity contribution is 5.95. The lowest BCUT2D eigenvalue weighted by molar-refractivity contribution is 0.170. The highest BCUT2D eigenvalue weighted by Crippen LogP contribution is 2.36. The van der Waals surface area contributed by atoms with E-state index in [1.807, 2.05) is 60.7 Å². The Labute approximate surface area is 869 Å². The van der Waals surface area contributed by atoms with Crippen molar-refractivity contribution in [2.75, 3.05) is 7.11 Å². The highest BCUT2D eigenvalue weighted by Gasteiger charge is 2.25. The van der Waals surface area contributed by atoms with Gasteiger partial charge in [0.1, 0.15) is 11.7 Å². The molecule has 0 radical (unpaired) electrons. The lowest BCUT2D eigenvalue weighted by Gasteiger charge is -2.25. The van der Waals surface area contributed by atoms with Gasteiger partial charge >= 0.3 is 6.09 Å². The Kier molecular flexibility index (Phi) is 49.7. The topological polar surface area (TPSA) is 188 Å². The molecule has 11 aromatic rings. The Morgan fingerprint density at radius 3 is 0.810 bits per heavy atom. The van der Waals surface area contributed by atoms with Crippen LogP contribution >= 0.6 is 0 Å². The van der Waals surface area contributed by atoms with Gasteiger partial charge in [0.25, 0.3) is 0 Å². The summed E-state index contributed by atoms with van der Waals surface area (Å²) in [5.41, 5.74) is 60.4. The molecule has 0 bridgehead atoms. The van der Waals surface area contributed by atoms with Crippen molar-refractivity contribution >= 4 is 17.8 Å². The van der Waals surface area contributed by atoms with Crippen LogP contribution in [-0.2, 0) is 77.4 Å². The number of amidine groups is 2. The minimum atomic E-state index is -0.403. The number of carbonyl (C=O) groups is 1. The number of methoxy groups -OCH3 is 1. The van der Waals surface area contributed by atoms with Crippen LogP contribution in [0.3, 0.4) is 0 Å². The SMILES string of the molecule is CC(C)(C)c1ccc(C(=N)N)cc1.CC(C)(C)c1ccc(CN)cc1.COC(=O)NCc1ccc(C(C)(C)C)cc1.Cc1cc(C(=N)N)ccc1C(C)(C)C.Cc1cc(C)c(C(C)(C)C)c(C)c1.Cc1ccc(C#N)c(C(C)(C)C)c1.Cc1ccc(C)c(C(C)(C)C)c1.Cc1ccc(C)c(C(C)(C)C)c1.Cc1ccc(C)c(C(C)(C)C)c1.Cc1ccc(C)c(C(C)(C)C)c1.Cc1ccc(C)c(C(C)(C)C)c1C. The second kappa shape index (κ2) is 54.7. The quantitative estimate of drug-likeness (QED) is 0.0735. The number of amides is 1.